The highest BCUT2D eigenvalue weighted by molar-refractivity contribution is 5.61. The second kappa shape index (κ2) is 7.22. The van der Waals surface area contributed by atoms with E-state index in [1.807, 2.05) is 37.3 Å². The summed E-state index contributed by atoms with van der Waals surface area (Å²) in [5, 5.41) is 0. The summed E-state index contributed by atoms with van der Waals surface area (Å²) in [6.45, 7) is 3.34. The molecular weight excluding hydrogens is 164 g/mol. The maximum Gasteiger partial charge on any atom is 0.127 e. The summed E-state index contributed by atoms with van der Waals surface area (Å²) in [7, 11) is 0. The summed E-state index contributed by atoms with van der Waals surface area (Å²) in [4.78, 5) is 19.1. The molecule has 0 aromatic heterocycles. The van der Waals surface area contributed by atoms with Gasteiger partial charge in [-0.3, -0.25) is 0 Å². The number of hydrogen-bond donors (Lipinski definition) is 0. The van der Waals surface area contributed by atoms with Crippen LogP contribution in [0.3, 0.4) is 0 Å². The van der Waals surface area contributed by atoms with E-state index in [1.54, 1.807) is 0 Å². The molecule has 0 aliphatic rings. The fourth-order valence-corrected chi connectivity index (χ4v) is 0.835. The van der Waals surface area contributed by atoms with Crippen LogP contribution in [0.4, 0.5) is 0 Å². The van der Waals surface area contributed by atoms with Crippen molar-refractivity contribution in [3.63, 3.8) is 0 Å². The van der Waals surface area contributed by atoms with E-state index in [1.165, 1.54) is 6.92 Å². The Balaban J connectivity index is 0.000000424. The van der Waals surface area contributed by atoms with Gasteiger partial charge in [0.05, 0.1) is 0 Å². The molecule has 0 N–H and O–H groups in total. The average Bonchev–Trinajstić information content (AvgIpc) is 2.19. The molecule has 0 fully saturated rings. The highest BCUT2D eigenvalue weighted by Crippen LogP contribution is 2.10. The topological polar surface area (TPSA) is 34.1 Å². The minimum absolute atomic E-state index is 0.0289. The molecular formula is C11H14O2. The fourth-order valence-electron chi connectivity index (χ4n) is 0.835. The van der Waals surface area contributed by atoms with Gasteiger partial charge in [0, 0.05) is 5.92 Å². The van der Waals surface area contributed by atoms with Crippen LogP contribution >= 0.6 is 0 Å². The van der Waals surface area contributed by atoms with E-state index >= 15 is 0 Å². The highest BCUT2D eigenvalue weighted by Gasteiger charge is 1.99. The predicted octanol–water partition coefficient (Wildman–Crippen LogP) is 2.19. The van der Waals surface area contributed by atoms with E-state index < -0.39 is 0 Å². The molecule has 70 valence electrons. The summed E-state index contributed by atoms with van der Waals surface area (Å²) < 4.78 is 0. The van der Waals surface area contributed by atoms with Gasteiger partial charge >= 0.3 is 0 Å². The lowest BCUT2D eigenvalue weighted by atomic mass is 10.0. The van der Waals surface area contributed by atoms with Gasteiger partial charge in [0.15, 0.2) is 0 Å². The predicted molar refractivity (Wildman–Crippen MR) is 52.7 cm³/mol. The van der Waals surface area contributed by atoms with E-state index in [2.05, 4.69) is 0 Å². The van der Waals surface area contributed by atoms with Gasteiger partial charge in [-0.1, -0.05) is 37.3 Å². The summed E-state index contributed by atoms with van der Waals surface area (Å²) >= 11 is 0. The van der Waals surface area contributed by atoms with Crippen LogP contribution in [0.2, 0.25) is 0 Å². The minimum Gasteiger partial charge on any atom is -0.304 e. The molecule has 0 saturated carbocycles. The van der Waals surface area contributed by atoms with Gasteiger partial charge < -0.3 is 9.59 Å². The van der Waals surface area contributed by atoms with Crippen molar-refractivity contribution in [1.82, 2.24) is 0 Å². The quantitative estimate of drug-likeness (QED) is 0.650. The van der Waals surface area contributed by atoms with Gasteiger partial charge in [-0.2, -0.15) is 0 Å². The summed E-state index contributed by atoms with van der Waals surface area (Å²) in [6, 6.07) is 9.74. The normalized spacial score (nSPS) is 10.6. The number of benzene rings is 1. The molecule has 0 amide bonds. The molecule has 0 unspecified atom stereocenters. The van der Waals surface area contributed by atoms with Crippen molar-refractivity contribution in [2.24, 2.45) is 0 Å². The number of aldehydes is 2. The van der Waals surface area contributed by atoms with Gasteiger partial charge in [0.1, 0.15) is 12.6 Å². The maximum atomic E-state index is 10.3. The Bertz CT molecular complexity index is 242. The van der Waals surface area contributed by atoms with E-state index in [9.17, 15) is 4.79 Å². The third kappa shape index (κ3) is 4.90. The lowest BCUT2D eigenvalue weighted by Gasteiger charge is -2.00. The Kier molecular flexibility index (Phi) is 6.42. The van der Waals surface area contributed by atoms with Crippen molar-refractivity contribution in [2.45, 2.75) is 19.8 Å². The zero-order valence-electron chi connectivity index (χ0n) is 7.94. The largest absolute Gasteiger partial charge is 0.304 e. The SMILES string of the molecule is CC=O.C[C@H](C=O)c1ccccc1. The minimum atomic E-state index is 0.0289. The van der Waals surface area contributed by atoms with Crippen LogP contribution in [0, 0.1) is 0 Å². The molecule has 13 heavy (non-hydrogen) atoms. The van der Waals surface area contributed by atoms with Crippen LogP contribution in [0.5, 0.6) is 0 Å². The molecule has 2 nitrogen and oxygen atoms in total. The van der Waals surface area contributed by atoms with Crippen LogP contribution in [0.15, 0.2) is 30.3 Å². The number of carbonyl (C=O) groups is 2. The van der Waals surface area contributed by atoms with Crippen LogP contribution < -0.4 is 0 Å². The fraction of sp³-hybridized carbons (Fsp3) is 0.273. The van der Waals surface area contributed by atoms with Crippen LogP contribution in [0.25, 0.3) is 0 Å². The Morgan fingerprint density at radius 1 is 1.15 bits per heavy atom. The van der Waals surface area contributed by atoms with Crippen LogP contribution in [-0.4, -0.2) is 12.6 Å². The highest BCUT2D eigenvalue weighted by atomic mass is 16.1. The lowest BCUT2D eigenvalue weighted by molar-refractivity contribution is -0.108. The third-order valence-electron chi connectivity index (χ3n) is 1.53. The van der Waals surface area contributed by atoms with Crippen molar-refractivity contribution in [3.8, 4) is 0 Å². The van der Waals surface area contributed by atoms with Gasteiger partial charge in [0.25, 0.3) is 0 Å². The first-order valence-electron chi connectivity index (χ1n) is 4.16. The molecule has 0 saturated heterocycles. The lowest BCUT2D eigenvalue weighted by Crippen LogP contribution is -1.92. The molecule has 0 bridgehead atoms. The van der Waals surface area contributed by atoms with Crippen LogP contribution in [0.1, 0.15) is 25.3 Å². The zero-order chi connectivity index (χ0) is 10.1. The molecule has 0 aliphatic carbocycles. The molecule has 1 aromatic rings. The van der Waals surface area contributed by atoms with E-state index in [4.69, 9.17) is 4.79 Å². The van der Waals surface area contributed by atoms with E-state index in [0.29, 0.717) is 0 Å². The second-order valence-electron chi connectivity index (χ2n) is 2.57. The molecule has 1 rings (SSSR count). The smallest absolute Gasteiger partial charge is 0.127 e. The first-order chi connectivity index (χ1) is 6.26. The standard InChI is InChI=1S/C9H10O.C2H4O/c1-8(7-10)9-5-3-2-4-6-9;1-2-3/h2-8H,1H3;2H,1H3/t8-;/m1./s1. The van der Waals surface area contributed by atoms with Gasteiger partial charge in [-0.05, 0) is 12.5 Å². The Morgan fingerprint density at radius 2 is 1.62 bits per heavy atom. The molecule has 1 atom stereocenters. The van der Waals surface area contributed by atoms with Crippen molar-refractivity contribution in [2.75, 3.05) is 0 Å². The Morgan fingerprint density at radius 3 is 2.00 bits per heavy atom. The monoisotopic (exact) mass is 178 g/mol. The Labute approximate surface area is 78.6 Å². The molecule has 0 aliphatic heterocycles. The van der Waals surface area contributed by atoms with Crippen molar-refractivity contribution in [1.29, 1.82) is 0 Å². The second-order valence-corrected chi connectivity index (χ2v) is 2.57. The first-order valence-corrected chi connectivity index (χ1v) is 4.16. The molecule has 2 heteroatoms. The molecule has 0 radical (unpaired) electrons. The molecule has 0 spiro atoms. The van der Waals surface area contributed by atoms with Crippen LogP contribution in [-0.2, 0) is 9.59 Å². The Hall–Kier alpha value is -1.44. The third-order valence-corrected chi connectivity index (χ3v) is 1.53. The van der Waals surface area contributed by atoms with Gasteiger partial charge in [-0.15, -0.1) is 0 Å². The molecule has 1 aromatic carbocycles. The number of hydrogen-bond acceptors (Lipinski definition) is 2. The number of carbonyl (C=O) groups excluding carboxylic acids is 2. The average molecular weight is 178 g/mol. The number of rotatable bonds is 2. The van der Waals surface area contributed by atoms with Gasteiger partial charge in [-0.25, -0.2) is 0 Å². The zero-order valence-corrected chi connectivity index (χ0v) is 7.94. The van der Waals surface area contributed by atoms with Crippen molar-refractivity contribution >= 4 is 12.6 Å². The first kappa shape index (κ1) is 11.6. The van der Waals surface area contributed by atoms with E-state index in [-0.39, 0.29) is 5.92 Å². The van der Waals surface area contributed by atoms with Crippen molar-refractivity contribution in [3.05, 3.63) is 35.9 Å². The summed E-state index contributed by atoms with van der Waals surface area (Å²) in [5.74, 6) is 0.0289. The molecule has 0 heterocycles. The van der Waals surface area contributed by atoms with Crippen molar-refractivity contribution < 1.29 is 9.59 Å². The maximum absolute atomic E-state index is 10.3. The summed E-state index contributed by atoms with van der Waals surface area (Å²) in [6.07, 6.45) is 1.70. The summed E-state index contributed by atoms with van der Waals surface area (Å²) in [5.41, 5.74) is 1.08. The van der Waals surface area contributed by atoms with E-state index in [0.717, 1.165) is 18.1 Å². The van der Waals surface area contributed by atoms with Gasteiger partial charge in [0.2, 0.25) is 0 Å².